The van der Waals surface area contributed by atoms with Crippen molar-refractivity contribution in [3.05, 3.63) is 34.9 Å². The number of ketones is 1. The fraction of sp³-hybridized carbons (Fsp3) is 0.720. The molecule has 2 heteroatoms. The Hall–Kier alpha value is -1.15. The van der Waals surface area contributed by atoms with Crippen LogP contribution in [0.5, 0.6) is 0 Å². The molecule has 27 heavy (non-hydrogen) atoms. The molecule has 0 aliphatic heterocycles. The first-order valence-electron chi connectivity index (χ1n) is 10.9. The Kier molecular flexibility index (Phi) is 4.39. The molecule has 4 aliphatic carbocycles. The fourth-order valence-corrected chi connectivity index (χ4v) is 7.31. The highest BCUT2D eigenvalue weighted by molar-refractivity contribution is 5.95. The van der Waals surface area contributed by atoms with Gasteiger partial charge in [-0.15, -0.1) is 0 Å². The van der Waals surface area contributed by atoms with E-state index in [4.69, 9.17) is 0 Å². The number of rotatable bonds is 2. The highest BCUT2D eigenvalue weighted by atomic mass is 16.1. The van der Waals surface area contributed by atoms with Crippen molar-refractivity contribution in [1.29, 1.82) is 0 Å². The van der Waals surface area contributed by atoms with Crippen LogP contribution in [0.4, 0.5) is 0 Å². The van der Waals surface area contributed by atoms with Gasteiger partial charge in [0.05, 0.1) is 0 Å². The quantitative estimate of drug-likeness (QED) is 0.643. The zero-order valence-corrected chi connectivity index (χ0v) is 18.1. The van der Waals surface area contributed by atoms with Crippen LogP contribution in [-0.2, 0) is 4.79 Å². The van der Waals surface area contributed by atoms with E-state index < -0.39 is 0 Å². The molecule has 0 saturated heterocycles. The van der Waals surface area contributed by atoms with E-state index in [0.29, 0.717) is 23.3 Å². The van der Waals surface area contributed by atoms with Crippen LogP contribution in [0.3, 0.4) is 0 Å². The van der Waals surface area contributed by atoms with Crippen LogP contribution in [0.1, 0.15) is 73.1 Å². The topological polar surface area (TPSA) is 29.1 Å². The summed E-state index contributed by atoms with van der Waals surface area (Å²) in [6.45, 7) is 11.5. The Morgan fingerprint density at radius 3 is 2.33 bits per heavy atom. The molecule has 4 aliphatic rings. The van der Waals surface area contributed by atoms with Crippen molar-refractivity contribution in [3.63, 3.8) is 0 Å². The molecule has 5 unspecified atom stereocenters. The molecular formula is C25H37NO. The molecule has 0 bridgehead atoms. The van der Waals surface area contributed by atoms with E-state index in [9.17, 15) is 4.79 Å². The first-order chi connectivity index (χ1) is 12.6. The third-order valence-corrected chi connectivity index (χ3v) is 9.31. The van der Waals surface area contributed by atoms with E-state index in [1.807, 2.05) is 0 Å². The van der Waals surface area contributed by atoms with Gasteiger partial charge in [0.15, 0.2) is 5.78 Å². The zero-order valence-electron chi connectivity index (χ0n) is 18.1. The summed E-state index contributed by atoms with van der Waals surface area (Å²) in [6.07, 6.45) is 14.3. The van der Waals surface area contributed by atoms with E-state index in [1.165, 1.54) is 12.8 Å². The van der Waals surface area contributed by atoms with Crippen LogP contribution >= 0.6 is 0 Å². The molecule has 1 fully saturated rings. The third kappa shape index (κ3) is 2.51. The molecule has 0 spiro atoms. The maximum atomic E-state index is 12.3. The number of carbonyl (C=O) groups is 1. The number of allylic oxidation sites excluding steroid dienone is 5. The molecule has 0 amide bonds. The van der Waals surface area contributed by atoms with E-state index >= 15 is 0 Å². The molecule has 0 aromatic heterocycles. The summed E-state index contributed by atoms with van der Waals surface area (Å²) >= 11 is 0. The zero-order chi connectivity index (χ0) is 19.6. The summed E-state index contributed by atoms with van der Waals surface area (Å²) in [5.74, 6) is 1.56. The number of hydrogen-bond donors (Lipinski definition) is 1. The number of hydrogen-bond acceptors (Lipinski definition) is 2. The van der Waals surface area contributed by atoms with E-state index in [1.54, 1.807) is 18.1 Å². The van der Waals surface area contributed by atoms with Crippen molar-refractivity contribution in [2.24, 2.45) is 28.1 Å². The lowest BCUT2D eigenvalue weighted by Gasteiger charge is -2.51. The SMILES string of the molecule is CNC1CC=C2CC3=CCC4(C)C(C(C)=O)=CCC4(C)C3CCC2C1(C)C. The maximum Gasteiger partial charge on any atom is 0.156 e. The number of nitrogens with one attached hydrogen (secondary N) is 1. The summed E-state index contributed by atoms with van der Waals surface area (Å²) in [4.78, 5) is 12.3. The predicted molar refractivity (Wildman–Crippen MR) is 112 cm³/mol. The number of Topliss-reactive ketones (excluding diaryl/α,β-unsaturated/α-hetero) is 1. The van der Waals surface area contributed by atoms with Crippen molar-refractivity contribution in [1.82, 2.24) is 5.32 Å². The molecule has 0 aromatic carbocycles. The van der Waals surface area contributed by atoms with Crippen LogP contribution < -0.4 is 5.32 Å². The Morgan fingerprint density at radius 2 is 1.67 bits per heavy atom. The Balaban J connectivity index is 1.70. The van der Waals surface area contributed by atoms with Gasteiger partial charge in [0.2, 0.25) is 0 Å². The largest absolute Gasteiger partial charge is 0.316 e. The summed E-state index contributed by atoms with van der Waals surface area (Å²) in [6, 6.07) is 0.568. The fourth-order valence-electron chi connectivity index (χ4n) is 7.31. The molecule has 1 N–H and O–H groups in total. The summed E-state index contributed by atoms with van der Waals surface area (Å²) in [5, 5.41) is 3.57. The Morgan fingerprint density at radius 1 is 1.00 bits per heavy atom. The lowest BCUT2D eigenvalue weighted by molar-refractivity contribution is -0.115. The van der Waals surface area contributed by atoms with E-state index in [2.05, 4.69) is 58.3 Å². The number of carbonyl (C=O) groups excluding carboxylic acids is 1. The molecule has 1 saturated carbocycles. The van der Waals surface area contributed by atoms with Gasteiger partial charge in [-0.05, 0) is 80.7 Å². The molecule has 0 radical (unpaired) electrons. The molecule has 5 atom stereocenters. The van der Waals surface area contributed by atoms with Crippen molar-refractivity contribution >= 4 is 5.78 Å². The summed E-state index contributed by atoms with van der Waals surface area (Å²) in [5.41, 5.74) is 4.95. The Labute approximate surface area is 165 Å². The molecule has 0 heterocycles. The van der Waals surface area contributed by atoms with Crippen molar-refractivity contribution < 1.29 is 4.79 Å². The summed E-state index contributed by atoms with van der Waals surface area (Å²) < 4.78 is 0. The van der Waals surface area contributed by atoms with Gasteiger partial charge in [-0.1, -0.05) is 57.1 Å². The lowest BCUT2D eigenvalue weighted by Crippen LogP contribution is -2.47. The first-order valence-corrected chi connectivity index (χ1v) is 10.9. The van der Waals surface area contributed by atoms with Crippen LogP contribution in [0.15, 0.2) is 34.9 Å². The van der Waals surface area contributed by atoms with Gasteiger partial charge < -0.3 is 5.32 Å². The predicted octanol–water partition coefficient (Wildman–Crippen LogP) is 5.61. The van der Waals surface area contributed by atoms with Gasteiger partial charge in [-0.3, -0.25) is 4.79 Å². The van der Waals surface area contributed by atoms with Crippen LogP contribution in [0.25, 0.3) is 0 Å². The van der Waals surface area contributed by atoms with Crippen LogP contribution in [-0.4, -0.2) is 18.9 Å². The number of fused-ring (bicyclic) bond motifs is 4. The van der Waals surface area contributed by atoms with Crippen molar-refractivity contribution in [2.75, 3.05) is 7.05 Å². The maximum absolute atomic E-state index is 12.3. The van der Waals surface area contributed by atoms with Crippen LogP contribution in [0, 0.1) is 28.1 Å². The van der Waals surface area contributed by atoms with Crippen molar-refractivity contribution in [2.45, 2.75) is 79.2 Å². The standard InChI is InChI=1S/C25H37NO/c1-16(27)19-12-14-25(5)21-9-8-20-17(7-10-22(26-6)23(20,2)3)15-18(21)11-13-24(19,25)4/h7,11-12,20-22,26H,8-10,13-15H2,1-6H3. The summed E-state index contributed by atoms with van der Waals surface area (Å²) in [7, 11) is 2.12. The average molecular weight is 368 g/mol. The minimum absolute atomic E-state index is 0.0138. The first kappa shape index (κ1) is 19.2. The van der Waals surface area contributed by atoms with Gasteiger partial charge in [-0.25, -0.2) is 0 Å². The smallest absolute Gasteiger partial charge is 0.156 e. The molecule has 148 valence electrons. The second-order valence-corrected chi connectivity index (χ2v) is 10.6. The van der Waals surface area contributed by atoms with Gasteiger partial charge in [-0.2, -0.15) is 0 Å². The second kappa shape index (κ2) is 6.17. The van der Waals surface area contributed by atoms with E-state index in [0.717, 1.165) is 31.3 Å². The lowest BCUT2D eigenvalue weighted by atomic mass is 9.52. The normalized spacial score (nSPS) is 42.7. The van der Waals surface area contributed by atoms with Gasteiger partial charge in [0, 0.05) is 11.5 Å². The van der Waals surface area contributed by atoms with Gasteiger partial charge >= 0.3 is 0 Å². The van der Waals surface area contributed by atoms with E-state index in [-0.39, 0.29) is 16.6 Å². The third-order valence-electron chi connectivity index (χ3n) is 9.31. The highest BCUT2D eigenvalue weighted by Gasteiger charge is 2.58. The van der Waals surface area contributed by atoms with Gasteiger partial charge in [0.1, 0.15) is 0 Å². The van der Waals surface area contributed by atoms with Crippen molar-refractivity contribution in [3.8, 4) is 0 Å². The highest BCUT2D eigenvalue weighted by Crippen LogP contribution is 2.66. The van der Waals surface area contributed by atoms with Crippen LogP contribution in [0.2, 0.25) is 0 Å². The second-order valence-electron chi connectivity index (χ2n) is 10.6. The average Bonchev–Trinajstić information content (AvgIpc) is 2.75. The monoisotopic (exact) mass is 367 g/mol. The molecule has 0 aromatic rings. The molecule has 4 rings (SSSR count). The molecular weight excluding hydrogens is 330 g/mol. The minimum Gasteiger partial charge on any atom is -0.316 e. The Bertz CT molecular complexity index is 754. The minimum atomic E-state index is 0.0138. The molecule has 2 nitrogen and oxygen atoms in total. The van der Waals surface area contributed by atoms with Gasteiger partial charge in [0.25, 0.3) is 0 Å².